The number of ether oxygens (including phenoxy) is 1. The zero-order valence-electron chi connectivity index (χ0n) is 29.5. The third-order valence-electron chi connectivity index (χ3n) is 9.73. The lowest BCUT2D eigenvalue weighted by molar-refractivity contribution is -0.136. The number of benzene rings is 2. The number of nitrogens with one attached hydrogen (secondary N) is 3. The van der Waals surface area contributed by atoms with Gasteiger partial charge >= 0.3 is 0 Å². The molecule has 2 aromatic carbocycles. The van der Waals surface area contributed by atoms with Crippen molar-refractivity contribution >= 4 is 51.2 Å². The first-order valence-corrected chi connectivity index (χ1v) is 18.2. The van der Waals surface area contributed by atoms with Crippen LogP contribution in [-0.4, -0.2) is 103 Å². The molecule has 7 rings (SSSR count). The molecular weight excluding hydrogens is 764 g/mol. The van der Waals surface area contributed by atoms with E-state index in [4.69, 9.17) is 4.74 Å². The highest BCUT2D eigenvalue weighted by molar-refractivity contribution is 9.10. The molecule has 280 valence electrons. The van der Waals surface area contributed by atoms with Crippen LogP contribution in [0.15, 0.2) is 64.1 Å². The zero-order valence-corrected chi connectivity index (χ0v) is 31.0. The number of likely N-dealkylation sites (N-methyl/N-ethyl adjacent to an activating group) is 1. The number of fused-ring (bicyclic) bond motifs is 1. The van der Waals surface area contributed by atoms with Crippen molar-refractivity contribution in [3.63, 3.8) is 0 Å². The number of anilines is 1. The van der Waals surface area contributed by atoms with E-state index >= 15 is 0 Å². The third-order valence-corrected chi connectivity index (χ3v) is 10.5. The number of carbonyl (C=O) groups is 5. The summed E-state index contributed by atoms with van der Waals surface area (Å²) in [4.78, 5) is 78.8. The molecule has 4 aromatic rings. The van der Waals surface area contributed by atoms with Crippen LogP contribution in [0.1, 0.15) is 67.5 Å². The molecular formula is C36H37BrN10O7. The summed E-state index contributed by atoms with van der Waals surface area (Å²) < 4.78 is 9.18. The molecule has 18 heteroatoms. The Kier molecular flexibility index (Phi) is 10.4. The van der Waals surface area contributed by atoms with Crippen LogP contribution in [-0.2, 0) is 29.8 Å². The van der Waals surface area contributed by atoms with Crippen LogP contribution in [0.25, 0.3) is 0 Å². The summed E-state index contributed by atoms with van der Waals surface area (Å²) in [6.45, 7) is 2.25. The van der Waals surface area contributed by atoms with Crippen LogP contribution in [0.2, 0.25) is 0 Å². The van der Waals surface area contributed by atoms with Crippen LogP contribution in [0.3, 0.4) is 0 Å². The molecule has 0 spiro atoms. The first kappa shape index (κ1) is 36.6. The lowest BCUT2D eigenvalue weighted by Gasteiger charge is -2.37. The Balaban J connectivity index is 0.896. The van der Waals surface area contributed by atoms with Crippen LogP contribution >= 0.6 is 15.9 Å². The SMILES string of the molecule is CN1C[C@H](Nc2cnn(C)c(=O)c2Br)C[C@H](c2ccc(C(=O)NCCn3cc(COc4cccc5c4C(=O)N(C4CCC(=O)NC4=O)C5=O)nn3)cc2)C1. The number of aromatic nitrogens is 5. The lowest BCUT2D eigenvalue weighted by atomic mass is 9.87. The van der Waals surface area contributed by atoms with Crippen molar-refractivity contribution in [1.82, 2.24) is 45.2 Å². The van der Waals surface area contributed by atoms with Crippen molar-refractivity contribution in [3.05, 3.63) is 97.6 Å². The van der Waals surface area contributed by atoms with Crippen molar-refractivity contribution < 1.29 is 28.7 Å². The summed E-state index contributed by atoms with van der Waals surface area (Å²) >= 11 is 3.39. The number of imide groups is 2. The predicted molar refractivity (Wildman–Crippen MR) is 196 cm³/mol. The van der Waals surface area contributed by atoms with Gasteiger partial charge in [0.1, 0.15) is 28.6 Å². The van der Waals surface area contributed by atoms with Gasteiger partial charge in [0.2, 0.25) is 11.8 Å². The Morgan fingerprint density at radius 3 is 2.61 bits per heavy atom. The van der Waals surface area contributed by atoms with Gasteiger partial charge in [0.25, 0.3) is 23.3 Å². The van der Waals surface area contributed by atoms with Crippen LogP contribution in [0.5, 0.6) is 5.75 Å². The van der Waals surface area contributed by atoms with Gasteiger partial charge in [-0.1, -0.05) is 23.4 Å². The molecule has 0 aliphatic carbocycles. The van der Waals surface area contributed by atoms with E-state index in [1.54, 1.807) is 36.3 Å². The minimum absolute atomic E-state index is 0.0249. The lowest BCUT2D eigenvalue weighted by Crippen LogP contribution is -2.54. The smallest absolute Gasteiger partial charge is 0.282 e. The maximum Gasteiger partial charge on any atom is 0.282 e. The molecule has 17 nitrogen and oxygen atoms in total. The van der Waals surface area contributed by atoms with Crippen molar-refractivity contribution in [1.29, 1.82) is 0 Å². The normalized spacial score (nSPS) is 20.1. The standard InChI is InChI=1S/C36H37BrN10O7/c1-44-16-22(14-23(17-44)40-26-15-39-45(2)36(53)31(26)37)20-6-8-21(9-7-20)32(49)38-12-13-46-18-24(42-43-46)19-54-28-5-3-4-25-30(28)35(52)47(34(25)51)27-10-11-29(48)41-33(27)50/h3-9,15,18,22-23,27,40H,10-14,16-17,19H2,1-2H3,(H,38,49)(H,41,48,50)/t22-,23+,27?/m0/s1. The molecule has 3 atom stereocenters. The number of rotatable bonds is 11. The number of hydrogen-bond donors (Lipinski definition) is 3. The topological polar surface area (TPSA) is 203 Å². The number of aryl methyl sites for hydroxylation is 1. The first-order chi connectivity index (χ1) is 26.0. The van der Waals surface area contributed by atoms with Crippen molar-refractivity contribution in [2.75, 3.05) is 32.0 Å². The van der Waals surface area contributed by atoms with Crippen molar-refractivity contribution in [2.24, 2.45) is 7.05 Å². The summed E-state index contributed by atoms with van der Waals surface area (Å²) in [5, 5.41) is 20.9. The van der Waals surface area contributed by atoms with Gasteiger partial charge in [-0.05, 0) is 71.6 Å². The van der Waals surface area contributed by atoms with Crippen molar-refractivity contribution in [3.8, 4) is 5.75 Å². The highest BCUT2D eigenvalue weighted by Crippen LogP contribution is 2.34. The number of nitrogens with zero attached hydrogens (tertiary/aromatic N) is 7. The Morgan fingerprint density at radius 1 is 1.04 bits per heavy atom. The van der Waals surface area contributed by atoms with E-state index in [9.17, 15) is 28.8 Å². The number of hydrogen-bond acceptors (Lipinski definition) is 12. The predicted octanol–water partition coefficient (Wildman–Crippen LogP) is 1.44. The monoisotopic (exact) mass is 800 g/mol. The number of halogens is 1. The van der Waals surface area contributed by atoms with E-state index in [2.05, 4.69) is 59.2 Å². The van der Waals surface area contributed by atoms with E-state index in [0.717, 1.165) is 30.0 Å². The minimum atomic E-state index is -1.08. The highest BCUT2D eigenvalue weighted by Gasteiger charge is 2.46. The summed E-state index contributed by atoms with van der Waals surface area (Å²) in [6, 6.07) is 11.2. The Morgan fingerprint density at radius 2 is 1.83 bits per heavy atom. The maximum atomic E-state index is 13.3. The average molecular weight is 802 g/mol. The quantitative estimate of drug-likeness (QED) is 0.185. The average Bonchev–Trinajstić information content (AvgIpc) is 3.72. The Bertz CT molecular complexity index is 2200. The summed E-state index contributed by atoms with van der Waals surface area (Å²) in [6.07, 6.45) is 4.22. The van der Waals surface area contributed by atoms with Gasteiger partial charge in [-0.2, -0.15) is 5.10 Å². The largest absolute Gasteiger partial charge is 0.486 e. The molecule has 3 aliphatic rings. The molecule has 2 saturated heterocycles. The second-order valence-electron chi connectivity index (χ2n) is 13.6. The molecule has 54 heavy (non-hydrogen) atoms. The van der Waals surface area contributed by atoms with E-state index < -0.39 is 29.7 Å². The van der Waals surface area contributed by atoms with Crippen molar-refractivity contribution in [2.45, 2.75) is 50.4 Å². The second-order valence-corrected chi connectivity index (χ2v) is 14.4. The van der Waals surface area contributed by atoms with Gasteiger partial charge in [0.05, 0.1) is 35.8 Å². The molecule has 5 heterocycles. The number of piperidine rings is 2. The molecule has 0 radical (unpaired) electrons. The molecule has 5 amide bonds. The summed E-state index contributed by atoms with van der Waals surface area (Å²) in [7, 11) is 3.67. The zero-order chi connectivity index (χ0) is 38.1. The van der Waals surface area contributed by atoms with Crippen LogP contribution in [0.4, 0.5) is 5.69 Å². The Hall–Kier alpha value is -5.75. The van der Waals surface area contributed by atoms with Gasteiger partial charge in [-0.3, -0.25) is 43.7 Å². The van der Waals surface area contributed by atoms with Gasteiger partial charge in [-0.25, -0.2) is 4.68 Å². The fraction of sp³-hybridized carbons (Fsp3) is 0.361. The number of likely N-dealkylation sites (tertiary alicyclic amines) is 1. The second kappa shape index (κ2) is 15.3. The minimum Gasteiger partial charge on any atom is -0.486 e. The Labute approximate surface area is 317 Å². The number of amides is 5. The van der Waals surface area contributed by atoms with Crippen LogP contribution < -0.4 is 26.2 Å². The summed E-state index contributed by atoms with van der Waals surface area (Å²) in [5.74, 6) is -2.26. The van der Waals surface area contributed by atoms with Gasteiger partial charge in [0.15, 0.2) is 0 Å². The fourth-order valence-electron chi connectivity index (χ4n) is 7.06. The van der Waals surface area contributed by atoms with E-state index in [-0.39, 0.29) is 66.3 Å². The molecule has 2 aromatic heterocycles. The van der Waals surface area contributed by atoms with E-state index in [1.807, 2.05) is 24.3 Å². The van der Waals surface area contributed by atoms with E-state index in [0.29, 0.717) is 28.0 Å². The molecule has 1 unspecified atom stereocenters. The maximum absolute atomic E-state index is 13.3. The van der Waals surface area contributed by atoms with E-state index in [1.165, 1.54) is 10.7 Å². The molecule has 2 fully saturated rings. The highest BCUT2D eigenvalue weighted by atomic mass is 79.9. The third kappa shape index (κ3) is 7.52. The van der Waals surface area contributed by atoms with Gasteiger partial charge < -0.3 is 20.3 Å². The molecule has 0 bridgehead atoms. The molecule has 0 saturated carbocycles. The first-order valence-electron chi connectivity index (χ1n) is 17.4. The van der Waals surface area contributed by atoms with Crippen LogP contribution in [0, 0.1) is 0 Å². The number of carbonyl (C=O) groups excluding carboxylic acids is 5. The van der Waals surface area contributed by atoms with Gasteiger partial charge in [0, 0.05) is 44.7 Å². The molecule has 3 N–H and O–H groups in total. The van der Waals surface area contributed by atoms with Gasteiger partial charge in [-0.15, -0.1) is 5.10 Å². The molecule has 3 aliphatic heterocycles. The summed E-state index contributed by atoms with van der Waals surface area (Å²) in [5.41, 5.74) is 2.71. The fourth-order valence-corrected chi connectivity index (χ4v) is 7.53.